The molecule has 1 fully saturated rings. The number of hydrogen-bond acceptors (Lipinski definition) is 3. The Kier molecular flexibility index (Phi) is 4.73. The van der Waals surface area contributed by atoms with Gasteiger partial charge in [0.1, 0.15) is 0 Å². The first-order valence-electron chi connectivity index (χ1n) is 6.12. The van der Waals surface area contributed by atoms with Crippen molar-refractivity contribution >= 4 is 40.7 Å². The maximum atomic E-state index is 12.1. The van der Waals surface area contributed by atoms with Crippen LogP contribution in [0.5, 0.6) is 5.75 Å². The van der Waals surface area contributed by atoms with E-state index < -0.39 is 0 Å². The van der Waals surface area contributed by atoms with Crippen molar-refractivity contribution in [3.05, 3.63) is 22.2 Å². The SMILES string of the molecule is COc1c(Cl)cc(NC(=O)[C@@H]2CCC(=O)NC2)cc1Cl. The molecular formula is C13H14Cl2N2O3. The summed E-state index contributed by atoms with van der Waals surface area (Å²) in [5.74, 6) is -0.0597. The van der Waals surface area contributed by atoms with E-state index >= 15 is 0 Å². The molecule has 1 aromatic carbocycles. The summed E-state index contributed by atoms with van der Waals surface area (Å²) in [7, 11) is 1.47. The van der Waals surface area contributed by atoms with Crippen molar-refractivity contribution in [2.45, 2.75) is 12.8 Å². The van der Waals surface area contributed by atoms with E-state index in [1.165, 1.54) is 7.11 Å². The topological polar surface area (TPSA) is 67.4 Å². The van der Waals surface area contributed by atoms with Crippen LogP contribution in [0, 0.1) is 5.92 Å². The number of ether oxygens (including phenoxy) is 1. The highest BCUT2D eigenvalue weighted by atomic mass is 35.5. The molecule has 2 N–H and O–H groups in total. The van der Waals surface area contributed by atoms with Crippen LogP contribution in [0.25, 0.3) is 0 Å². The van der Waals surface area contributed by atoms with Gasteiger partial charge < -0.3 is 15.4 Å². The van der Waals surface area contributed by atoms with Gasteiger partial charge in [-0.3, -0.25) is 9.59 Å². The van der Waals surface area contributed by atoms with Crippen molar-refractivity contribution in [1.29, 1.82) is 0 Å². The summed E-state index contributed by atoms with van der Waals surface area (Å²) in [6.45, 7) is 0.349. The maximum absolute atomic E-state index is 12.1. The molecule has 1 heterocycles. The number of anilines is 1. The van der Waals surface area contributed by atoms with Gasteiger partial charge in [0.05, 0.1) is 23.1 Å². The highest BCUT2D eigenvalue weighted by Gasteiger charge is 2.24. The highest BCUT2D eigenvalue weighted by molar-refractivity contribution is 6.37. The van der Waals surface area contributed by atoms with Gasteiger partial charge in [0.25, 0.3) is 0 Å². The molecule has 0 saturated carbocycles. The molecule has 1 aliphatic heterocycles. The molecule has 2 amide bonds. The minimum Gasteiger partial charge on any atom is -0.494 e. The third kappa shape index (κ3) is 3.35. The van der Waals surface area contributed by atoms with Crippen molar-refractivity contribution in [2.24, 2.45) is 5.92 Å². The molecule has 2 rings (SSSR count). The molecule has 0 aromatic heterocycles. The van der Waals surface area contributed by atoms with Crippen LogP contribution in [0.2, 0.25) is 10.0 Å². The molecule has 7 heteroatoms. The molecule has 1 saturated heterocycles. The van der Waals surface area contributed by atoms with Gasteiger partial charge in [0.2, 0.25) is 11.8 Å². The van der Waals surface area contributed by atoms with Crippen LogP contribution in [-0.4, -0.2) is 25.5 Å². The molecule has 1 aliphatic rings. The number of hydrogen-bond donors (Lipinski definition) is 2. The second-order valence-corrected chi connectivity index (χ2v) is 5.32. The number of benzene rings is 1. The minimum absolute atomic E-state index is 0.0235. The second-order valence-electron chi connectivity index (χ2n) is 4.50. The Labute approximate surface area is 126 Å². The summed E-state index contributed by atoms with van der Waals surface area (Å²) < 4.78 is 5.04. The molecule has 0 radical (unpaired) electrons. The number of halogens is 2. The molecule has 0 bridgehead atoms. The van der Waals surface area contributed by atoms with Gasteiger partial charge in [-0.05, 0) is 18.6 Å². The standard InChI is InChI=1S/C13H14Cl2N2O3/c1-20-12-9(14)4-8(5-10(12)15)17-13(19)7-2-3-11(18)16-6-7/h4-5,7H,2-3,6H2,1H3,(H,16,18)(H,17,19)/t7-/m1/s1. The quantitative estimate of drug-likeness (QED) is 0.900. The first-order chi connectivity index (χ1) is 9.51. The van der Waals surface area contributed by atoms with Gasteiger partial charge in [0, 0.05) is 18.7 Å². The third-order valence-electron chi connectivity index (χ3n) is 3.11. The number of piperidine rings is 1. The van der Waals surface area contributed by atoms with Gasteiger partial charge in [0.15, 0.2) is 5.75 Å². The van der Waals surface area contributed by atoms with Crippen LogP contribution in [0.4, 0.5) is 5.69 Å². The largest absolute Gasteiger partial charge is 0.494 e. The third-order valence-corrected chi connectivity index (χ3v) is 3.67. The van der Waals surface area contributed by atoms with E-state index in [9.17, 15) is 9.59 Å². The van der Waals surface area contributed by atoms with Gasteiger partial charge >= 0.3 is 0 Å². The fraction of sp³-hybridized carbons (Fsp3) is 0.385. The van der Waals surface area contributed by atoms with Crippen LogP contribution in [0.3, 0.4) is 0 Å². The van der Waals surface area contributed by atoms with Crippen molar-refractivity contribution in [2.75, 3.05) is 19.0 Å². The first kappa shape index (κ1) is 14.9. The normalized spacial score (nSPS) is 18.4. The second kappa shape index (κ2) is 6.33. The average molecular weight is 317 g/mol. The monoisotopic (exact) mass is 316 g/mol. The Morgan fingerprint density at radius 1 is 1.40 bits per heavy atom. The summed E-state index contributed by atoms with van der Waals surface area (Å²) >= 11 is 12.0. The molecule has 0 unspecified atom stereocenters. The van der Waals surface area contributed by atoms with E-state index in [4.69, 9.17) is 27.9 Å². The van der Waals surface area contributed by atoms with E-state index in [0.29, 0.717) is 40.9 Å². The zero-order chi connectivity index (χ0) is 14.7. The lowest BCUT2D eigenvalue weighted by Crippen LogP contribution is -2.40. The number of nitrogens with one attached hydrogen (secondary N) is 2. The van der Waals surface area contributed by atoms with Gasteiger partial charge in [-0.25, -0.2) is 0 Å². The van der Waals surface area contributed by atoms with E-state index in [0.717, 1.165) is 0 Å². The Bertz CT molecular complexity index is 515. The van der Waals surface area contributed by atoms with Gasteiger partial charge in [-0.1, -0.05) is 23.2 Å². The Balaban J connectivity index is 2.06. The van der Waals surface area contributed by atoms with Crippen LogP contribution in [0.15, 0.2) is 12.1 Å². The molecule has 5 nitrogen and oxygen atoms in total. The number of rotatable bonds is 3. The first-order valence-corrected chi connectivity index (χ1v) is 6.87. The number of carbonyl (C=O) groups excluding carboxylic acids is 2. The average Bonchev–Trinajstić information content (AvgIpc) is 2.39. The van der Waals surface area contributed by atoms with E-state index in [1.807, 2.05) is 0 Å². The predicted molar refractivity (Wildman–Crippen MR) is 77.4 cm³/mol. The van der Waals surface area contributed by atoms with Crippen LogP contribution >= 0.6 is 23.2 Å². The zero-order valence-electron chi connectivity index (χ0n) is 10.8. The highest BCUT2D eigenvalue weighted by Crippen LogP contribution is 2.35. The zero-order valence-corrected chi connectivity index (χ0v) is 12.3. The number of methoxy groups -OCH3 is 1. The van der Waals surface area contributed by atoms with Gasteiger partial charge in [-0.2, -0.15) is 0 Å². The lowest BCUT2D eigenvalue weighted by molar-refractivity contribution is -0.126. The summed E-state index contributed by atoms with van der Waals surface area (Å²) in [5.41, 5.74) is 0.503. The van der Waals surface area contributed by atoms with Crippen LogP contribution < -0.4 is 15.4 Å². The Morgan fingerprint density at radius 2 is 2.05 bits per heavy atom. The van der Waals surface area contributed by atoms with Crippen molar-refractivity contribution in [1.82, 2.24) is 5.32 Å². The molecule has 1 aromatic rings. The molecule has 0 aliphatic carbocycles. The lowest BCUT2D eigenvalue weighted by atomic mass is 9.98. The molecule has 108 valence electrons. The van der Waals surface area contributed by atoms with E-state index in [-0.39, 0.29) is 17.7 Å². The Hall–Kier alpha value is -1.46. The molecular weight excluding hydrogens is 303 g/mol. The van der Waals surface area contributed by atoms with Gasteiger partial charge in [-0.15, -0.1) is 0 Å². The van der Waals surface area contributed by atoms with E-state index in [2.05, 4.69) is 10.6 Å². The smallest absolute Gasteiger partial charge is 0.229 e. The molecule has 20 heavy (non-hydrogen) atoms. The van der Waals surface area contributed by atoms with Crippen molar-refractivity contribution < 1.29 is 14.3 Å². The fourth-order valence-electron chi connectivity index (χ4n) is 2.03. The number of amides is 2. The predicted octanol–water partition coefficient (Wildman–Crippen LogP) is 2.47. The van der Waals surface area contributed by atoms with Crippen LogP contribution in [-0.2, 0) is 9.59 Å². The van der Waals surface area contributed by atoms with Crippen LogP contribution in [0.1, 0.15) is 12.8 Å². The maximum Gasteiger partial charge on any atom is 0.229 e. The van der Waals surface area contributed by atoms with E-state index in [1.54, 1.807) is 12.1 Å². The lowest BCUT2D eigenvalue weighted by Gasteiger charge is -2.21. The van der Waals surface area contributed by atoms with Crippen molar-refractivity contribution in [3.8, 4) is 5.75 Å². The number of carbonyl (C=O) groups is 2. The minimum atomic E-state index is -0.243. The Morgan fingerprint density at radius 3 is 2.55 bits per heavy atom. The summed E-state index contributed by atoms with van der Waals surface area (Å²) in [6.07, 6.45) is 0.900. The van der Waals surface area contributed by atoms with Crippen molar-refractivity contribution in [3.63, 3.8) is 0 Å². The molecule has 0 spiro atoms. The molecule has 1 atom stereocenters. The summed E-state index contributed by atoms with van der Waals surface area (Å²) in [4.78, 5) is 23.1. The fourth-order valence-corrected chi connectivity index (χ4v) is 2.67. The summed E-state index contributed by atoms with van der Waals surface area (Å²) in [6, 6.07) is 3.15. The summed E-state index contributed by atoms with van der Waals surface area (Å²) in [5, 5.41) is 6.06.